The van der Waals surface area contributed by atoms with Crippen molar-refractivity contribution in [1.82, 2.24) is 0 Å². The van der Waals surface area contributed by atoms with Crippen molar-refractivity contribution in [2.45, 2.75) is 72.1 Å². The second-order valence-electron chi connectivity index (χ2n) is 6.21. The van der Waals surface area contributed by atoms with Crippen LogP contribution in [-0.4, -0.2) is 0 Å². The number of hydrogen-bond donors (Lipinski definition) is 1. The summed E-state index contributed by atoms with van der Waals surface area (Å²) in [5, 5.41) is 9.54. The Kier molecular flexibility index (Phi) is 5.84. The van der Waals surface area contributed by atoms with E-state index in [1.807, 2.05) is 19.9 Å². The lowest BCUT2D eigenvalue weighted by atomic mass is 9.59. The zero-order chi connectivity index (χ0) is 16.2. The van der Waals surface area contributed by atoms with Crippen LogP contribution in [0.25, 0.3) is 0 Å². The highest BCUT2D eigenvalue weighted by molar-refractivity contribution is 5.63. The number of nitrogens with two attached hydrogens (primary N) is 1. The Morgan fingerprint density at radius 1 is 1.38 bits per heavy atom. The topological polar surface area (TPSA) is 49.8 Å². The molecule has 0 radical (unpaired) electrons. The maximum absolute atomic E-state index is 9.54. The number of nitriles is 1. The van der Waals surface area contributed by atoms with Crippen molar-refractivity contribution >= 4 is 5.69 Å². The lowest BCUT2D eigenvalue weighted by molar-refractivity contribution is 0.242. The second kappa shape index (κ2) is 6.98. The Morgan fingerprint density at radius 2 is 2.00 bits per heavy atom. The fraction of sp³-hybridized carbons (Fsp3) is 0.632. The molecule has 2 heteroatoms. The minimum atomic E-state index is 0.113. The zero-order valence-electron chi connectivity index (χ0n) is 14.5. The molecule has 0 heterocycles. The number of nitrogens with zero attached hydrogens (tertiary/aromatic N) is 1. The lowest BCUT2D eigenvalue weighted by Gasteiger charge is -2.45. The third-order valence-electron chi connectivity index (χ3n) is 5.17. The summed E-state index contributed by atoms with van der Waals surface area (Å²) in [6, 6.07) is 6.41. The van der Waals surface area contributed by atoms with E-state index in [2.05, 4.69) is 39.8 Å². The molecular formula is C19H30N2. The van der Waals surface area contributed by atoms with Crippen molar-refractivity contribution in [3.63, 3.8) is 0 Å². The largest absolute Gasteiger partial charge is 0.398 e. The molecule has 0 saturated carbocycles. The predicted molar refractivity (Wildman–Crippen MR) is 91.4 cm³/mol. The summed E-state index contributed by atoms with van der Waals surface area (Å²) in [5.41, 5.74) is 10.1. The Morgan fingerprint density at radius 3 is 2.48 bits per heavy atom. The molecule has 2 nitrogen and oxygen atoms in total. The quantitative estimate of drug-likeness (QED) is 0.743. The lowest BCUT2D eigenvalue weighted by Crippen LogP contribution is -2.37. The van der Waals surface area contributed by atoms with Gasteiger partial charge in [-0.05, 0) is 53.7 Å². The van der Waals surface area contributed by atoms with Crippen molar-refractivity contribution in [2.24, 2.45) is 5.92 Å². The van der Waals surface area contributed by atoms with Crippen LogP contribution in [0.15, 0.2) is 12.1 Å². The van der Waals surface area contributed by atoms with Gasteiger partial charge in [0.15, 0.2) is 0 Å². The molecule has 2 atom stereocenters. The Bertz CT molecular complexity index is 525. The van der Waals surface area contributed by atoms with Crippen LogP contribution in [0.4, 0.5) is 5.69 Å². The fourth-order valence-electron chi connectivity index (χ4n) is 3.80. The van der Waals surface area contributed by atoms with Gasteiger partial charge in [-0.1, -0.05) is 47.6 Å². The zero-order valence-corrected chi connectivity index (χ0v) is 14.5. The predicted octanol–water partition coefficient (Wildman–Crippen LogP) is 5.37. The summed E-state index contributed by atoms with van der Waals surface area (Å²) < 4.78 is 0. The second-order valence-corrected chi connectivity index (χ2v) is 6.21. The molecule has 0 aliphatic heterocycles. The molecule has 2 rings (SSSR count). The normalized spacial score (nSPS) is 23.8. The molecule has 2 unspecified atom stereocenters. The first kappa shape index (κ1) is 17.6. The van der Waals surface area contributed by atoms with Crippen molar-refractivity contribution < 1.29 is 0 Å². The first-order chi connectivity index (χ1) is 9.97. The molecule has 1 aliphatic carbocycles. The van der Waals surface area contributed by atoms with Crippen molar-refractivity contribution in [1.29, 1.82) is 5.26 Å². The van der Waals surface area contributed by atoms with Crippen LogP contribution in [-0.2, 0) is 5.41 Å². The molecule has 0 amide bonds. The van der Waals surface area contributed by atoms with Crippen LogP contribution in [0.5, 0.6) is 0 Å². The van der Waals surface area contributed by atoms with Gasteiger partial charge in [0, 0.05) is 5.69 Å². The van der Waals surface area contributed by atoms with Gasteiger partial charge in [-0.15, -0.1) is 0 Å². The summed E-state index contributed by atoms with van der Waals surface area (Å²) in [7, 11) is 0. The first-order valence-corrected chi connectivity index (χ1v) is 8.30. The van der Waals surface area contributed by atoms with Crippen LogP contribution in [0.1, 0.15) is 83.4 Å². The maximum Gasteiger partial charge on any atom is 0.102 e. The van der Waals surface area contributed by atoms with Crippen LogP contribution < -0.4 is 5.73 Å². The van der Waals surface area contributed by atoms with E-state index in [0.717, 1.165) is 18.4 Å². The van der Waals surface area contributed by atoms with Gasteiger partial charge >= 0.3 is 0 Å². The van der Waals surface area contributed by atoms with E-state index in [-0.39, 0.29) is 5.41 Å². The van der Waals surface area contributed by atoms with Crippen LogP contribution in [0.2, 0.25) is 0 Å². The van der Waals surface area contributed by atoms with Gasteiger partial charge in [0.2, 0.25) is 0 Å². The molecule has 2 N–H and O–H groups in total. The van der Waals surface area contributed by atoms with Gasteiger partial charge in [-0.25, -0.2) is 0 Å². The van der Waals surface area contributed by atoms with E-state index < -0.39 is 0 Å². The van der Waals surface area contributed by atoms with Crippen LogP contribution in [0.3, 0.4) is 0 Å². The van der Waals surface area contributed by atoms with Crippen LogP contribution in [0, 0.1) is 17.2 Å². The summed E-state index contributed by atoms with van der Waals surface area (Å²) >= 11 is 0. The number of anilines is 1. The molecule has 1 aromatic rings. The Labute approximate surface area is 130 Å². The average Bonchev–Trinajstić information content (AvgIpc) is 2.50. The van der Waals surface area contributed by atoms with Crippen LogP contribution >= 0.6 is 0 Å². The number of rotatable bonds is 2. The molecule has 0 spiro atoms. The SMILES string of the molecule is CC.CCC1(C(C)C)CCC(C)c2ccc(N)c(C#N)c21. The minimum absolute atomic E-state index is 0.113. The Balaban J connectivity index is 0.00000106. The molecule has 0 bridgehead atoms. The molecular weight excluding hydrogens is 256 g/mol. The molecule has 1 aromatic carbocycles. The molecule has 116 valence electrons. The standard InChI is InChI=1S/C17H24N2.C2H6/c1-5-17(11(2)3)9-8-12(4)13-6-7-15(19)14(10-18)16(13)17;1-2/h6-7,11-12H,5,8-9,19H2,1-4H3;1-2H3. The van der Waals surface area contributed by atoms with E-state index >= 15 is 0 Å². The third kappa shape index (κ3) is 2.79. The maximum atomic E-state index is 9.54. The summed E-state index contributed by atoms with van der Waals surface area (Å²) in [5.74, 6) is 1.05. The third-order valence-corrected chi connectivity index (χ3v) is 5.17. The highest BCUT2D eigenvalue weighted by atomic mass is 14.6. The van der Waals surface area contributed by atoms with Crippen molar-refractivity contribution in [2.75, 3.05) is 5.73 Å². The summed E-state index contributed by atoms with van der Waals surface area (Å²) in [4.78, 5) is 0. The molecule has 1 aliphatic rings. The summed E-state index contributed by atoms with van der Waals surface area (Å²) in [6.45, 7) is 13.0. The van der Waals surface area contributed by atoms with Gasteiger partial charge in [0.1, 0.15) is 6.07 Å². The van der Waals surface area contributed by atoms with E-state index in [1.165, 1.54) is 17.5 Å². The fourth-order valence-corrected chi connectivity index (χ4v) is 3.80. The summed E-state index contributed by atoms with van der Waals surface area (Å²) in [6.07, 6.45) is 3.43. The van der Waals surface area contributed by atoms with Gasteiger partial charge in [0.05, 0.1) is 5.56 Å². The van der Waals surface area contributed by atoms with Gasteiger partial charge in [-0.3, -0.25) is 0 Å². The van der Waals surface area contributed by atoms with E-state index in [9.17, 15) is 5.26 Å². The van der Waals surface area contributed by atoms with E-state index in [4.69, 9.17) is 5.73 Å². The molecule has 0 fully saturated rings. The van der Waals surface area contributed by atoms with Gasteiger partial charge in [0.25, 0.3) is 0 Å². The smallest absolute Gasteiger partial charge is 0.102 e. The minimum Gasteiger partial charge on any atom is -0.398 e. The molecule has 21 heavy (non-hydrogen) atoms. The number of fused-ring (bicyclic) bond motifs is 1. The van der Waals surface area contributed by atoms with Gasteiger partial charge in [-0.2, -0.15) is 5.26 Å². The highest BCUT2D eigenvalue weighted by Gasteiger charge is 2.41. The first-order valence-electron chi connectivity index (χ1n) is 8.30. The van der Waals surface area contributed by atoms with E-state index in [1.54, 1.807) is 0 Å². The van der Waals surface area contributed by atoms with Crippen molar-refractivity contribution in [3.8, 4) is 6.07 Å². The molecule has 0 saturated heterocycles. The number of hydrogen-bond acceptors (Lipinski definition) is 2. The number of benzene rings is 1. The Hall–Kier alpha value is -1.49. The average molecular weight is 286 g/mol. The number of nitrogen functional groups attached to an aromatic ring is 1. The monoisotopic (exact) mass is 286 g/mol. The van der Waals surface area contributed by atoms with Gasteiger partial charge < -0.3 is 5.73 Å². The van der Waals surface area contributed by atoms with Crippen molar-refractivity contribution in [3.05, 3.63) is 28.8 Å². The highest BCUT2D eigenvalue weighted by Crippen LogP contribution is 2.51. The molecule has 0 aromatic heterocycles. The van der Waals surface area contributed by atoms with E-state index in [0.29, 0.717) is 17.5 Å².